The lowest BCUT2D eigenvalue weighted by molar-refractivity contribution is -0.144. The summed E-state index contributed by atoms with van der Waals surface area (Å²) in [5.41, 5.74) is 2.29. The normalized spacial score (nSPS) is 22.0. The second-order valence-corrected chi connectivity index (χ2v) is 6.55. The van der Waals surface area contributed by atoms with Crippen LogP contribution in [-0.4, -0.2) is 29.1 Å². The van der Waals surface area contributed by atoms with Crippen molar-refractivity contribution in [2.75, 3.05) is 13.1 Å². The Morgan fingerprint density at radius 3 is 2.48 bits per heavy atom. The van der Waals surface area contributed by atoms with Crippen LogP contribution in [0.5, 0.6) is 0 Å². The summed E-state index contributed by atoms with van der Waals surface area (Å²) in [6.45, 7) is 2.29. The Kier molecular flexibility index (Phi) is 4.99. The zero-order valence-electron chi connectivity index (χ0n) is 12.9. The molecule has 0 aromatic heterocycles. The molecule has 1 fully saturated rings. The van der Waals surface area contributed by atoms with Gasteiger partial charge in [0.15, 0.2) is 0 Å². The van der Waals surface area contributed by atoms with Crippen molar-refractivity contribution in [3.8, 4) is 0 Å². The maximum atomic E-state index is 11.8. The zero-order valence-corrected chi connectivity index (χ0v) is 13.6. The molecule has 0 spiro atoms. The number of hydrogen-bond acceptors (Lipinski definition) is 2. The van der Waals surface area contributed by atoms with Crippen LogP contribution in [0.15, 0.2) is 54.6 Å². The van der Waals surface area contributed by atoms with Gasteiger partial charge in [0.05, 0.1) is 5.92 Å². The Hall–Kier alpha value is -1.84. The van der Waals surface area contributed by atoms with E-state index in [1.807, 2.05) is 42.5 Å². The summed E-state index contributed by atoms with van der Waals surface area (Å²) in [6.07, 6.45) is 0.853. The molecule has 3 nitrogen and oxygen atoms in total. The Morgan fingerprint density at radius 2 is 1.83 bits per heavy atom. The van der Waals surface area contributed by atoms with Gasteiger partial charge >= 0.3 is 5.97 Å². The molecule has 2 unspecified atom stereocenters. The quantitative estimate of drug-likeness (QED) is 0.920. The highest BCUT2D eigenvalue weighted by atomic mass is 35.5. The van der Waals surface area contributed by atoms with Crippen LogP contribution in [0.3, 0.4) is 0 Å². The first-order chi connectivity index (χ1) is 11.1. The number of likely N-dealkylation sites (tertiary alicyclic amines) is 1. The standard InChI is InChI=1S/C19H20ClNO2/c20-16-8-6-15(7-9-16)17-10-11-21(13-18(17)19(22)23)12-14-4-2-1-3-5-14/h1-9,17-18H,10-13H2,(H,22,23). The predicted octanol–water partition coefficient (Wildman–Crippen LogP) is 4.03. The van der Waals surface area contributed by atoms with Gasteiger partial charge < -0.3 is 5.11 Å². The molecule has 0 bridgehead atoms. The summed E-state index contributed by atoms with van der Waals surface area (Å²) in [5.74, 6) is -1.05. The van der Waals surface area contributed by atoms with Gasteiger partial charge in [0.25, 0.3) is 0 Å². The van der Waals surface area contributed by atoms with E-state index < -0.39 is 5.97 Å². The van der Waals surface area contributed by atoms with E-state index in [0.29, 0.717) is 11.6 Å². The van der Waals surface area contributed by atoms with Gasteiger partial charge in [-0.25, -0.2) is 0 Å². The highest BCUT2D eigenvalue weighted by molar-refractivity contribution is 6.30. The fourth-order valence-corrected chi connectivity index (χ4v) is 3.49. The van der Waals surface area contributed by atoms with Crippen LogP contribution < -0.4 is 0 Å². The number of nitrogens with zero attached hydrogens (tertiary/aromatic N) is 1. The van der Waals surface area contributed by atoms with Crippen LogP contribution in [0.1, 0.15) is 23.5 Å². The molecule has 1 N–H and O–H groups in total. The smallest absolute Gasteiger partial charge is 0.308 e. The molecule has 3 rings (SSSR count). The van der Waals surface area contributed by atoms with Crippen molar-refractivity contribution in [1.29, 1.82) is 0 Å². The minimum Gasteiger partial charge on any atom is -0.481 e. The van der Waals surface area contributed by atoms with Gasteiger partial charge in [-0.1, -0.05) is 54.1 Å². The molecule has 23 heavy (non-hydrogen) atoms. The third-order valence-corrected chi connectivity index (χ3v) is 4.81. The van der Waals surface area contributed by atoms with Crippen molar-refractivity contribution in [3.05, 3.63) is 70.7 Å². The van der Waals surface area contributed by atoms with Crippen molar-refractivity contribution in [3.63, 3.8) is 0 Å². The van der Waals surface area contributed by atoms with Gasteiger partial charge in [0.1, 0.15) is 0 Å². The SMILES string of the molecule is O=C(O)C1CN(Cc2ccccc2)CCC1c1ccc(Cl)cc1. The fraction of sp³-hybridized carbons (Fsp3) is 0.316. The number of carboxylic acid groups (broad SMARTS) is 1. The fourth-order valence-electron chi connectivity index (χ4n) is 3.36. The van der Waals surface area contributed by atoms with Crippen LogP contribution in [0, 0.1) is 5.92 Å². The summed E-state index contributed by atoms with van der Waals surface area (Å²) in [7, 11) is 0. The molecule has 0 amide bonds. The molecule has 0 aliphatic carbocycles. The van der Waals surface area contributed by atoms with E-state index in [2.05, 4.69) is 17.0 Å². The number of carbonyl (C=O) groups is 1. The first-order valence-corrected chi connectivity index (χ1v) is 8.26. The number of halogens is 1. The summed E-state index contributed by atoms with van der Waals surface area (Å²) >= 11 is 5.94. The highest BCUT2D eigenvalue weighted by Crippen LogP contribution is 2.34. The lowest BCUT2D eigenvalue weighted by atomic mass is 9.80. The molecule has 2 atom stereocenters. The van der Waals surface area contributed by atoms with E-state index in [9.17, 15) is 9.90 Å². The van der Waals surface area contributed by atoms with Crippen molar-refractivity contribution in [2.45, 2.75) is 18.9 Å². The average molecular weight is 330 g/mol. The molecule has 2 aromatic rings. The third kappa shape index (κ3) is 3.92. The van der Waals surface area contributed by atoms with Crippen molar-refractivity contribution in [1.82, 2.24) is 4.90 Å². The largest absolute Gasteiger partial charge is 0.481 e. The second-order valence-electron chi connectivity index (χ2n) is 6.11. The van der Waals surface area contributed by atoms with E-state index in [0.717, 1.165) is 25.1 Å². The van der Waals surface area contributed by atoms with Gasteiger partial charge in [-0.05, 0) is 42.1 Å². The average Bonchev–Trinajstić information content (AvgIpc) is 2.56. The van der Waals surface area contributed by atoms with Gasteiger partial charge in [-0.3, -0.25) is 9.69 Å². The van der Waals surface area contributed by atoms with E-state index in [1.54, 1.807) is 0 Å². The number of rotatable bonds is 4. The minimum absolute atomic E-state index is 0.0526. The summed E-state index contributed by atoms with van der Waals surface area (Å²) in [6, 6.07) is 17.8. The molecular formula is C19H20ClNO2. The summed E-state index contributed by atoms with van der Waals surface area (Å²) in [4.78, 5) is 14.0. The van der Waals surface area contributed by atoms with Crippen LogP contribution in [0.2, 0.25) is 5.02 Å². The van der Waals surface area contributed by atoms with E-state index in [1.165, 1.54) is 5.56 Å². The monoisotopic (exact) mass is 329 g/mol. The van der Waals surface area contributed by atoms with Crippen molar-refractivity contribution >= 4 is 17.6 Å². The number of benzene rings is 2. The maximum Gasteiger partial charge on any atom is 0.308 e. The number of piperidine rings is 1. The van der Waals surface area contributed by atoms with Crippen LogP contribution in [0.25, 0.3) is 0 Å². The lowest BCUT2D eigenvalue weighted by Gasteiger charge is -2.36. The van der Waals surface area contributed by atoms with Crippen molar-refractivity contribution < 1.29 is 9.90 Å². The Balaban J connectivity index is 1.73. The first kappa shape index (κ1) is 16.0. The maximum absolute atomic E-state index is 11.8. The Morgan fingerprint density at radius 1 is 1.13 bits per heavy atom. The van der Waals surface area contributed by atoms with Gasteiger partial charge in [0.2, 0.25) is 0 Å². The number of aliphatic carboxylic acids is 1. The molecule has 1 aliphatic heterocycles. The minimum atomic E-state index is -0.720. The molecule has 120 valence electrons. The molecule has 0 radical (unpaired) electrons. The topological polar surface area (TPSA) is 40.5 Å². The number of carboxylic acids is 1. The number of hydrogen-bond donors (Lipinski definition) is 1. The molecule has 4 heteroatoms. The lowest BCUT2D eigenvalue weighted by Crippen LogP contribution is -2.42. The first-order valence-electron chi connectivity index (χ1n) is 7.88. The van der Waals surface area contributed by atoms with Crippen LogP contribution >= 0.6 is 11.6 Å². The van der Waals surface area contributed by atoms with Gasteiger partial charge in [0, 0.05) is 18.1 Å². The van der Waals surface area contributed by atoms with Gasteiger partial charge in [-0.2, -0.15) is 0 Å². The third-order valence-electron chi connectivity index (χ3n) is 4.56. The molecule has 0 saturated carbocycles. The second kappa shape index (κ2) is 7.16. The Labute approximate surface area is 141 Å². The zero-order chi connectivity index (χ0) is 16.2. The Bertz CT molecular complexity index is 657. The predicted molar refractivity (Wildman–Crippen MR) is 91.7 cm³/mol. The molecule has 2 aromatic carbocycles. The van der Waals surface area contributed by atoms with E-state index >= 15 is 0 Å². The molecular weight excluding hydrogens is 310 g/mol. The summed E-state index contributed by atoms with van der Waals surface area (Å²) < 4.78 is 0. The molecule has 1 saturated heterocycles. The van der Waals surface area contributed by atoms with E-state index in [-0.39, 0.29) is 11.8 Å². The van der Waals surface area contributed by atoms with Gasteiger partial charge in [-0.15, -0.1) is 0 Å². The van der Waals surface area contributed by atoms with Crippen molar-refractivity contribution in [2.24, 2.45) is 5.92 Å². The molecule has 1 heterocycles. The summed E-state index contributed by atoms with van der Waals surface area (Å²) in [5, 5.41) is 10.3. The van der Waals surface area contributed by atoms with Crippen LogP contribution in [0.4, 0.5) is 0 Å². The molecule has 1 aliphatic rings. The highest BCUT2D eigenvalue weighted by Gasteiger charge is 2.35. The van der Waals surface area contributed by atoms with E-state index in [4.69, 9.17) is 11.6 Å². The van der Waals surface area contributed by atoms with Crippen LogP contribution in [-0.2, 0) is 11.3 Å².